The molecule has 1 N–H and O–H groups in total. The number of likely N-dealkylation sites (N-methyl/N-ethyl adjacent to an activating group) is 1. The molecule has 0 saturated heterocycles. The van der Waals surface area contributed by atoms with Gasteiger partial charge >= 0.3 is 0 Å². The maximum Gasteiger partial charge on any atom is 0.225 e. The summed E-state index contributed by atoms with van der Waals surface area (Å²) < 4.78 is 5.03. The van der Waals surface area contributed by atoms with Crippen LogP contribution in [0.2, 0.25) is 0 Å². The Kier molecular flexibility index (Phi) is 5.50. The Labute approximate surface area is 110 Å². The number of nitrogens with zero attached hydrogens (tertiary/aromatic N) is 3. The summed E-state index contributed by atoms with van der Waals surface area (Å²) in [4.78, 5) is 10.7. The summed E-state index contributed by atoms with van der Waals surface area (Å²) in [5.41, 5.74) is 1.20. The molecule has 1 rings (SSSR count). The monoisotopic (exact) mass is 252 g/mol. The lowest BCUT2D eigenvalue weighted by atomic mass is 10.1. The Balaban J connectivity index is 2.52. The summed E-state index contributed by atoms with van der Waals surface area (Å²) in [6, 6.07) is 0. The maximum absolute atomic E-state index is 5.03. The van der Waals surface area contributed by atoms with Crippen LogP contribution in [0.5, 0.6) is 0 Å². The van der Waals surface area contributed by atoms with Crippen LogP contribution in [0.4, 0.5) is 5.95 Å². The van der Waals surface area contributed by atoms with E-state index in [2.05, 4.69) is 36.1 Å². The first-order valence-corrected chi connectivity index (χ1v) is 6.18. The maximum atomic E-state index is 5.03. The zero-order valence-corrected chi connectivity index (χ0v) is 12.0. The second kappa shape index (κ2) is 6.66. The van der Waals surface area contributed by atoms with Crippen molar-refractivity contribution in [2.75, 3.05) is 32.2 Å². The summed E-state index contributed by atoms with van der Waals surface area (Å²) in [7, 11) is 3.65. The summed E-state index contributed by atoms with van der Waals surface area (Å²) in [5, 5.41) is 3.41. The summed E-state index contributed by atoms with van der Waals surface area (Å²) >= 11 is 0. The van der Waals surface area contributed by atoms with Crippen molar-refractivity contribution < 1.29 is 4.74 Å². The van der Waals surface area contributed by atoms with E-state index >= 15 is 0 Å². The van der Waals surface area contributed by atoms with Crippen molar-refractivity contribution in [2.24, 2.45) is 0 Å². The predicted molar refractivity (Wildman–Crippen MR) is 73.8 cm³/mol. The molecule has 0 bridgehead atoms. The third-order valence-electron chi connectivity index (χ3n) is 2.49. The Morgan fingerprint density at radius 1 is 1.28 bits per heavy atom. The van der Waals surface area contributed by atoms with Gasteiger partial charge in [0, 0.05) is 50.7 Å². The molecule has 0 amide bonds. The van der Waals surface area contributed by atoms with Crippen LogP contribution < -0.4 is 10.2 Å². The van der Waals surface area contributed by atoms with Crippen molar-refractivity contribution in [1.29, 1.82) is 0 Å². The molecule has 1 aromatic heterocycles. The molecule has 0 radical (unpaired) electrons. The lowest BCUT2D eigenvalue weighted by Crippen LogP contribution is -2.35. The first-order valence-electron chi connectivity index (χ1n) is 6.18. The van der Waals surface area contributed by atoms with E-state index in [1.54, 1.807) is 7.11 Å². The van der Waals surface area contributed by atoms with Gasteiger partial charge in [-0.25, -0.2) is 9.97 Å². The van der Waals surface area contributed by atoms with E-state index in [1.807, 2.05) is 24.3 Å². The van der Waals surface area contributed by atoms with Crippen LogP contribution in [-0.4, -0.2) is 42.8 Å². The number of nitrogens with one attached hydrogen (secondary N) is 1. The predicted octanol–water partition coefficient (Wildman–Crippen LogP) is 1.45. The smallest absolute Gasteiger partial charge is 0.225 e. The van der Waals surface area contributed by atoms with Gasteiger partial charge in [-0.2, -0.15) is 0 Å². The topological polar surface area (TPSA) is 50.3 Å². The van der Waals surface area contributed by atoms with Crippen LogP contribution in [0, 0.1) is 0 Å². The second-order valence-electron chi connectivity index (χ2n) is 5.41. The highest BCUT2D eigenvalue weighted by Crippen LogP contribution is 2.06. The van der Waals surface area contributed by atoms with E-state index in [-0.39, 0.29) is 5.54 Å². The van der Waals surface area contributed by atoms with Crippen LogP contribution in [0.1, 0.15) is 26.3 Å². The molecule has 0 spiro atoms. The molecule has 0 aliphatic carbocycles. The van der Waals surface area contributed by atoms with Gasteiger partial charge in [0.05, 0.1) is 6.61 Å². The number of rotatable bonds is 6. The van der Waals surface area contributed by atoms with Crippen LogP contribution in [0.3, 0.4) is 0 Å². The van der Waals surface area contributed by atoms with Crippen LogP contribution in [0.15, 0.2) is 12.4 Å². The quantitative estimate of drug-likeness (QED) is 0.830. The van der Waals surface area contributed by atoms with Crippen LogP contribution in [-0.2, 0) is 11.3 Å². The minimum absolute atomic E-state index is 0.105. The van der Waals surface area contributed by atoms with Crippen molar-refractivity contribution in [3.05, 3.63) is 18.0 Å². The molecular formula is C13H24N4O. The average Bonchev–Trinajstić information content (AvgIpc) is 2.33. The molecule has 102 valence electrons. The molecule has 0 unspecified atom stereocenters. The second-order valence-corrected chi connectivity index (χ2v) is 5.41. The number of hydrogen-bond acceptors (Lipinski definition) is 5. The minimum atomic E-state index is 0.105. The lowest BCUT2D eigenvalue weighted by Gasteiger charge is -2.20. The van der Waals surface area contributed by atoms with Crippen molar-refractivity contribution >= 4 is 5.95 Å². The lowest BCUT2D eigenvalue weighted by molar-refractivity contribution is 0.206. The van der Waals surface area contributed by atoms with E-state index in [4.69, 9.17) is 4.74 Å². The van der Waals surface area contributed by atoms with Crippen molar-refractivity contribution in [3.63, 3.8) is 0 Å². The highest BCUT2D eigenvalue weighted by atomic mass is 16.5. The van der Waals surface area contributed by atoms with E-state index in [9.17, 15) is 0 Å². The van der Waals surface area contributed by atoms with Crippen molar-refractivity contribution in [1.82, 2.24) is 15.3 Å². The zero-order chi connectivity index (χ0) is 13.6. The average molecular weight is 252 g/mol. The molecule has 0 saturated carbocycles. The van der Waals surface area contributed by atoms with Gasteiger partial charge in [0.15, 0.2) is 0 Å². The molecule has 0 aliphatic rings. The first-order chi connectivity index (χ1) is 8.42. The van der Waals surface area contributed by atoms with Crippen LogP contribution >= 0.6 is 0 Å². The Bertz CT molecular complexity index is 345. The third-order valence-corrected chi connectivity index (χ3v) is 2.49. The highest BCUT2D eigenvalue weighted by Gasteiger charge is 2.09. The van der Waals surface area contributed by atoms with Crippen molar-refractivity contribution in [2.45, 2.75) is 32.9 Å². The van der Waals surface area contributed by atoms with Gasteiger partial charge in [0.25, 0.3) is 0 Å². The number of ether oxygens (including phenoxy) is 1. The zero-order valence-electron chi connectivity index (χ0n) is 12.0. The Morgan fingerprint density at radius 3 is 2.39 bits per heavy atom. The van der Waals surface area contributed by atoms with Gasteiger partial charge in [-0.1, -0.05) is 0 Å². The minimum Gasteiger partial charge on any atom is -0.383 e. The van der Waals surface area contributed by atoms with Gasteiger partial charge in [-0.05, 0) is 20.8 Å². The molecule has 5 heteroatoms. The molecule has 0 atom stereocenters. The van der Waals surface area contributed by atoms with Gasteiger partial charge in [-0.15, -0.1) is 0 Å². The molecule has 0 aliphatic heterocycles. The number of anilines is 1. The number of aromatic nitrogens is 2. The Hall–Kier alpha value is -1.20. The molecule has 0 fully saturated rings. The highest BCUT2D eigenvalue weighted by molar-refractivity contribution is 5.28. The molecule has 1 aromatic rings. The molecule has 5 nitrogen and oxygen atoms in total. The molecular weight excluding hydrogens is 228 g/mol. The van der Waals surface area contributed by atoms with Gasteiger partial charge in [0.1, 0.15) is 0 Å². The largest absolute Gasteiger partial charge is 0.383 e. The van der Waals surface area contributed by atoms with E-state index in [0.717, 1.165) is 24.6 Å². The van der Waals surface area contributed by atoms with Gasteiger partial charge in [0.2, 0.25) is 5.95 Å². The SMILES string of the molecule is COCCN(C)c1ncc(CNC(C)(C)C)cn1. The van der Waals surface area contributed by atoms with Gasteiger partial charge < -0.3 is 15.0 Å². The standard InChI is InChI=1S/C13H24N4O/c1-13(2,3)16-10-11-8-14-12(15-9-11)17(4)6-7-18-5/h8-9,16H,6-7,10H2,1-5H3. The fourth-order valence-corrected chi connectivity index (χ4v) is 1.33. The third kappa shape index (κ3) is 5.42. The normalized spacial score (nSPS) is 11.6. The van der Waals surface area contributed by atoms with E-state index in [0.29, 0.717) is 6.61 Å². The van der Waals surface area contributed by atoms with E-state index in [1.165, 1.54) is 0 Å². The summed E-state index contributed by atoms with van der Waals surface area (Å²) in [6.07, 6.45) is 3.73. The molecule has 1 heterocycles. The fraction of sp³-hybridized carbons (Fsp3) is 0.692. The van der Waals surface area contributed by atoms with Crippen molar-refractivity contribution in [3.8, 4) is 0 Å². The summed E-state index contributed by atoms with van der Waals surface area (Å²) in [6.45, 7) is 8.66. The number of hydrogen-bond donors (Lipinski definition) is 1. The van der Waals surface area contributed by atoms with E-state index < -0.39 is 0 Å². The first kappa shape index (κ1) is 14.9. The molecule has 18 heavy (non-hydrogen) atoms. The Morgan fingerprint density at radius 2 is 1.89 bits per heavy atom. The number of methoxy groups -OCH3 is 1. The van der Waals surface area contributed by atoms with Crippen LogP contribution in [0.25, 0.3) is 0 Å². The van der Waals surface area contributed by atoms with Gasteiger partial charge in [-0.3, -0.25) is 0 Å². The fourth-order valence-electron chi connectivity index (χ4n) is 1.33. The molecule has 0 aromatic carbocycles. The summed E-state index contributed by atoms with van der Waals surface area (Å²) in [5.74, 6) is 0.728.